The molecule has 0 bridgehead atoms. The lowest BCUT2D eigenvalue weighted by Crippen LogP contribution is -2.54. The van der Waals surface area contributed by atoms with Crippen molar-refractivity contribution in [3.05, 3.63) is 65.0 Å². The van der Waals surface area contributed by atoms with Gasteiger partial charge < -0.3 is 66.6 Å². The highest BCUT2D eigenvalue weighted by molar-refractivity contribution is 9.09. The molecular formula is C49H75Br2N11O11. The zero-order chi connectivity index (χ0) is 53.4. The number of carbonyl (C=O) groups is 6. The summed E-state index contributed by atoms with van der Waals surface area (Å²) in [6.45, 7) is 9.47. The average Bonchev–Trinajstić information content (AvgIpc) is 3.37. The van der Waals surface area contributed by atoms with Crippen molar-refractivity contribution >= 4 is 84.1 Å². The lowest BCUT2D eigenvalue weighted by molar-refractivity contribution is -0.132. The second-order valence-electron chi connectivity index (χ2n) is 17.4. The van der Waals surface area contributed by atoms with Crippen LogP contribution >= 0.6 is 31.9 Å². The number of amides is 7. The van der Waals surface area contributed by atoms with Crippen LogP contribution < -0.4 is 37.6 Å². The SMILES string of the molecule is CC(C)[C@H](NC(=O)CCOCCOCCOCCOCCC(=O)NCCN(CCNC(=O)c1ccc2nc(CBr)c(CBr)nc2c1)CCN(C)C)C(=O)N[C@@H](CCCNC(N)=O)C(=O)Nc1ccc(CO)cc1. The molecule has 9 N–H and O–H groups in total. The number of benzene rings is 2. The summed E-state index contributed by atoms with van der Waals surface area (Å²) in [5.41, 5.74) is 9.87. The Morgan fingerprint density at radius 3 is 1.81 bits per heavy atom. The molecule has 0 saturated carbocycles. The van der Waals surface area contributed by atoms with Gasteiger partial charge >= 0.3 is 6.03 Å². The summed E-state index contributed by atoms with van der Waals surface area (Å²) in [6.07, 6.45) is 0.728. The standard InChI is InChI=1S/C49H75Br2N11O11/c1-34(2)45(48(68)59-39(6-5-15-55-49(52)69)47(67)56-37-10-7-35(33-63)8-11-37)60-44(65)14-23-71-25-27-73-29-28-72-26-24-70-22-13-43(64)53-16-18-62(21-20-61(3)4)19-17-54-46(66)36-9-12-38-40(30-36)58-42(32-51)41(31-50)57-38/h7-12,30,34,39,45,63H,5-6,13-29,31-33H2,1-4H3,(H,53,64)(H,54,66)(H,56,67)(H,59,68)(H,60,65)(H3,52,55,69)/t39-,45-/m0/s1. The van der Waals surface area contributed by atoms with Gasteiger partial charge in [0.25, 0.3) is 5.91 Å². The van der Waals surface area contributed by atoms with Crippen LogP contribution in [0.15, 0.2) is 42.5 Å². The van der Waals surface area contributed by atoms with Crippen LogP contribution in [0.25, 0.3) is 11.0 Å². The summed E-state index contributed by atoms with van der Waals surface area (Å²) in [4.78, 5) is 89.6. The van der Waals surface area contributed by atoms with Gasteiger partial charge in [-0.3, -0.25) is 28.9 Å². The minimum Gasteiger partial charge on any atom is -0.392 e. The Morgan fingerprint density at radius 2 is 1.25 bits per heavy atom. The van der Waals surface area contributed by atoms with E-state index in [0.717, 1.165) is 30.0 Å². The summed E-state index contributed by atoms with van der Waals surface area (Å²) in [5, 5.41) is 27.1. The maximum Gasteiger partial charge on any atom is 0.312 e. The number of nitrogens with one attached hydrogen (secondary N) is 6. The van der Waals surface area contributed by atoms with E-state index in [4.69, 9.17) is 24.7 Å². The average molecular weight is 1150 g/mol. The minimum absolute atomic E-state index is 0.00478. The quantitative estimate of drug-likeness (QED) is 0.0302. The van der Waals surface area contributed by atoms with Gasteiger partial charge in [-0.15, -0.1) is 0 Å². The highest BCUT2D eigenvalue weighted by Crippen LogP contribution is 2.19. The first-order valence-corrected chi connectivity index (χ1v) is 26.7. The Bertz CT molecular complexity index is 2160. The predicted octanol–water partition coefficient (Wildman–Crippen LogP) is 2.18. The number of halogens is 2. The Balaban J connectivity index is 1.22. The van der Waals surface area contributed by atoms with Gasteiger partial charge in [0.2, 0.25) is 23.6 Å². The molecule has 0 fully saturated rings. The van der Waals surface area contributed by atoms with E-state index < -0.39 is 35.8 Å². The fourth-order valence-electron chi connectivity index (χ4n) is 6.87. The number of ether oxygens (including phenoxy) is 4. The first kappa shape index (κ1) is 62.4. The number of anilines is 1. The zero-order valence-electron chi connectivity index (χ0n) is 42.5. The maximum absolute atomic E-state index is 13.4. The largest absolute Gasteiger partial charge is 0.392 e. The molecular weight excluding hydrogens is 1080 g/mol. The molecule has 0 aliphatic heterocycles. The number of nitrogens with zero attached hydrogens (tertiary/aromatic N) is 4. The van der Waals surface area contributed by atoms with Gasteiger partial charge in [-0.1, -0.05) is 57.8 Å². The van der Waals surface area contributed by atoms with Crippen LogP contribution in [0.4, 0.5) is 10.5 Å². The first-order chi connectivity index (χ1) is 35.1. The molecule has 2 aromatic carbocycles. The normalized spacial score (nSPS) is 12.2. The molecule has 7 amide bonds. The molecule has 406 valence electrons. The van der Waals surface area contributed by atoms with E-state index >= 15 is 0 Å². The number of nitrogens with two attached hydrogens (primary N) is 1. The van der Waals surface area contributed by atoms with E-state index in [0.29, 0.717) is 92.0 Å². The number of alkyl halides is 2. The van der Waals surface area contributed by atoms with Crippen LogP contribution in [-0.4, -0.2) is 185 Å². The molecule has 0 spiro atoms. The molecule has 3 aromatic rings. The third kappa shape index (κ3) is 25.7. The van der Waals surface area contributed by atoms with Gasteiger partial charge in [0, 0.05) is 80.6 Å². The lowest BCUT2D eigenvalue weighted by atomic mass is 10.0. The van der Waals surface area contributed by atoms with Crippen molar-refractivity contribution in [1.29, 1.82) is 0 Å². The number of fused-ring (bicyclic) bond motifs is 1. The monoisotopic (exact) mass is 1150 g/mol. The molecule has 73 heavy (non-hydrogen) atoms. The summed E-state index contributed by atoms with van der Waals surface area (Å²) in [6, 6.07) is 9.29. The van der Waals surface area contributed by atoms with Crippen LogP contribution in [0.5, 0.6) is 0 Å². The summed E-state index contributed by atoms with van der Waals surface area (Å²) >= 11 is 6.92. The molecule has 3 rings (SSSR count). The third-order valence-electron chi connectivity index (χ3n) is 11.0. The Labute approximate surface area is 444 Å². The van der Waals surface area contributed by atoms with Crippen molar-refractivity contribution < 1.29 is 52.8 Å². The number of hydrogen-bond acceptors (Lipinski definition) is 15. The van der Waals surface area contributed by atoms with Crippen molar-refractivity contribution in [1.82, 2.24) is 46.4 Å². The van der Waals surface area contributed by atoms with Crippen molar-refractivity contribution in [2.24, 2.45) is 11.7 Å². The number of hydrogen-bond donors (Lipinski definition) is 8. The number of carbonyl (C=O) groups excluding carboxylic acids is 6. The van der Waals surface area contributed by atoms with Gasteiger partial charge in [-0.05, 0) is 68.8 Å². The second-order valence-corrected chi connectivity index (χ2v) is 18.5. The van der Waals surface area contributed by atoms with Gasteiger partial charge in [-0.25, -0.2) is 14.8 Å². The fourth-order valence-corrected chi connectivity index (χ4v) is 7.77. The number of aliphatic hydroxyl groups excluding tert-OH is 1. The molecule has 0 radical (unpaired) electrons. The van der Waals surface area contributed by atoms with Crippen LogP contribution in [0.2, 0.25) is 0 Å². The highest BCUT2D eigenvalue weighted by atomic mass is 79.9. The van der Waals surface area contributed by atoms with E-state index in [1.54, 1.807) is 50.2 Å². The van der Waals surface area contributed by atoms with E-state index in [1.807, 2.05) is 20.2 Å². The number of primary amides is 1. The molecule has 0 aliphatic carbocycles. The molecule has 22 nitrogen and oxygen atoms in total. The summed E-state index contributed by atoms with van der Waals surface area (Å²) in [5.74, 6) is -2.05. The predicted molar refractivity (Wildman–Crippen MR) is 284 cm³/mol. The van der Waals surface area contributed by atoms with E-state index in [-0.39, 0.29) is 76.6 Å². The first-order valence-electron chi connectivity index (χ1n) is 24.4. The fraction of sp³-hybridized carbons (Fsp3) is 0.592. The number of urea groups is 1. The Kier molecular flexibility index (Phi) is 30.8. The summed E-state index contributed by atoms with van der Waals surface area (Å²) < 4.78 is 22.2. The zero-order valence-corrected chi connectivity index (χ0v) is 45.7. The topological polar surface area (TPSA) is 290 Å². The minimum atomic E-state index is -0.984. The smallest absolute Gasteiger partial charge is 0.312 e. The number of likely N-dealkylation sites (N-methyl/N-ethyl adjacent to an activating group) is 1. The number of rotatable bonds is 38. The highest BCUT2D eigenvalue weighted by Gasteiger charge is 2.29. The summed E-state index contributed by atoms with van der Waals surface area (Å²) in [7, 11) is 4.00. The van der Waals surface area contributed by atoms with Gasteiger partial charge in [0.1, 0.15) is 12.1 Å². The number of aliphatic hydroxyl groups is 1. The Morgan fingerprint density at radius 1 is 0.671 bits per heavy atom. The van der Waals surface area contributed by atoms with Crippen LogP contribution in [0, 0.1) is 5.92 Å². The lowest BCUT2D eigenvalue weighted by Gasteiger charge is -2.25. The van der Waals surface area contributed by atoms with E-state index in [9.17, 15) is 33.9 Å². The molecule has 0 saturated heterocycles. The molecule has 24 heteroatoms. The maximum atomic E-state index is 13.4. The van der Waals surface area contributed by atoms with Crippen molar-refractivity contribution in [2.45, 2.75) is 68.9 Å². The van der Waals surface area contributed by atoms with Crippen LogP contribution in [-0.2, 0) is 55.4 Å². The second kappa shape index (κ2) is 36.1. The molecule has 0 unspecified atom stereocenters. The van der Waals surface area contributed by atoms with E-state index in [2.05, 4.69) is 83.5 Å². The molecule has 2 atom stereocenters. The van der Waals surface area contributed by atoms with Gasteiger partial charge in [0.05, 0.1) is 81.9 Å². The van der Waals surface area contributed by atoms with Crippen LogP contribution in [0.3, 0.4) is 0 Å². The van der Waals surface area contributed by atoms with Gasteiger partial charge in [-0.2, -0.15) is 0 Å². The van der Waals surface area contributed by atoms with Crippen LogP contribution in [0.1, 0.15) is 66.8 Å². The number of aromatic nitrogens is 2. The van der Waals surface area contributed by atoms with Crippen molar-refractivity contribution in [2.75, 3.05) is 118 Å². The van der Waals surface area contributed by atoms with E-state index in [1.165, 1.54) is 0 Å². The third-order valence-corrected chi connectivity index (χ3v) is 12.1. The van der Waals surface area contributed by atoms with Gasteiger partial charge in [0.15, 0.2) is 0 Å². The Hall–Kier alpha value is -4.92. The molecule has 1 aromatic heterocycles. The molecule has 1 heterocycles. The molecule has 0 aliphatic rings. The van der Waals surface area contributed by atoms with Crippen molar-refractivity contribution in [3.8, 4) is 0 Å². The van der Waals surface area contributed by atoms with Crippen molar-refractivity contribution in [3.63, 3.8) is 0 Å².